The van der Waals surface area contributed by atoms with E-state index in [0.29, 0.717) is 53.6 Å². The molecule has 1 aliphatic heterocycles. The average molecular weight is 410 g/mol. The minimum atomic E-state index is -0.354. The third-order valence-electron chi connectivity index (χ3n) is 4.69. The van der Waals surface area contributed by atoms with Crippen LogP contribution in [0.5, 0.6) is 17.2 Å². The molecule has 2 aromatic rings. The summed E-state index contributed by atoms with van der Waals surface area (Å²) < 4.78 is 16.1. The van der Waals surface area contributed by atoms with Gasteiger partial charge in [0, 0.05) is 30.4 Å². The topological polar surface area (TPSA) is 77.1 Å². The highest BCUT2D eigenvalue weighted by Crippen LogP contribution is 2.33. The number of ether oxygens (including phenoxy) is 3. The van der Waals surface area contributed by atoms with Crippen LogP contribution in [0.3, 0.4) is 0 Å². The van der Waals surface area contributed by atoms with Crippen molar-refractivity contribution in [3.05, 3.63) is 53.7 Å². The Hall–Kier alpha value is -3.48. The Labute approximate surface area is 176 Å². The van der Waals surface area contributed by atoms with Crippen LogP contribution in [-0.4, -0.2) is 44.1 Å². The van der Waals surface area contributed by atoms with Gasteiger partial charge in [0.2, 0.25) is 0 Å². The molecule has 1 aliphatic rings. The van der Waals surface area contributed by atoms with Crippen LogP contribution in [0.25, 0.3) is 5.57 Å². The van der Waals surface area contributed by atoms with E-state index in [4.69, 9.17) is 14.2 Å². The van der Waals surface area contributed by atoms with E-state index in [2.05, 4.69) is 5.32 Å². The van der Waals surface area contributed by atoms with Crippen LogP contribution in [0, 0.1) is 0 Å². The molecule has 0 atom stereocenters. The van der Waals surface area contributed by atoms with E-state index in [1.165, 1.54) is 4.90 Å². The van der Waals surface area contributed by atoms with Crippen molar-refractivity contribution in [2.45, 2.75) is 20.3 Å². The highest BCUT2D eigenvalue weighted by molar-refractivity contribution is 6.36. The summed E-state index contributed by atoms with van der Waals surface area (Å²) in [6.07, 6.45) is 0.675. The molecule has 0 spiro atoms. The van der Waals surface area contributed by atoms with Gasteiger partial charge in [-0.2, -0.15) is 0 Å². The highest BCUT2D eigenvalue weighted by Gasteiger charge is 2.38. The summed E-state index contributed by atoms with van der Waals surface area (Å²) in [4.78, 5) is 27.4. The molecular weight excluding hydrogens is 384 g/mol. The lowest BCUT2D eigenvalue weighted by Crippen LogP contribution is -2.33. The monoisotopic (exact) mass is 410 g/mol. The lowest BCUT2D eigenvalue weighted by molar-refractivity contribution is -0.136. The lowest BCUT2D eigenvalue weighted by Gasteiger charge is -2.14. The molecule has 30 heavy (non-hydrogen) atoms. The maximum Gasteiger partial charge on any atom is 0.278 e. The fraction of sp³-hybridized carbons (Fsp3) is 0.304. The van der Waals surface area contributed by atoms with Gasteiger partial charge in [-0.3, -0.25) is 14.5 Å². The molecule has 2 aromatic carbocycles. The molecule has 7 nitrogen and oxygen atoms in total. The highest BCUT2D eigenvalue weighted by atomic mass is 16.5. The minimum Gasteiger partial charge on any atom is -0.497 e. The van der Waals surface area contributed by atoms with Gasteiger partial charge in [0.05, 0.1) is 26.4 Å². The first-order chi connectivity index (χ1) is 14.5. The van der Waals surface area contributed by atoms with Crippen LogP contribution >= 0.6 is 0 Å². The van der Waals surface area contributed by atoms with Crippen molar-refractivity contribution in [3.63, 3.8) is 0 Å². The van der Waals surface area contributed by atoms with E-state index in [1.807, 2.05) is 13.8 Å². The number of carbonyl (C=O) groups is 2. The standard InChI is InChI=1S/C23H26N2O5/c1-5-11-25-22(26)20(15-7-9-17(10-8-15)30-6-2)21(23(25)27)24-16-12-18(28-3)14-19(13-16)29-4/h7-10,12-14,24H,5-6,11H2,1-4H3. The average Bonchev–Trinajstić information content (AvgIpc) is 2.99. The number of amides is 2. The fourth-order valence-corrected chi connectivity index (χ4v) is 3.29. The molecule has 1 N–H and O–H groups in total. The third kappa shape index (κ3) is 4.25. The molecule has 2 amide bonds. The number of methoxy groups -OCH3 is 2. The van der Waals surface area contributed by atoms with E-state index < -0.39 is 0 Å². The molecule has 3 rings (SSSR count). The zero-order chi connectivity index (χ0) is 21.7. The summed E-state index contributed by atoms with van der Waals surface area (Å²) in [5.41, 5.74) is 1.79. The van der Waals surface area contributed by atoms with Gasteiger partial charge in [0.1, 0.15) is 22.9 Å². The Morgan fingerprint density at radius 1 is 0.867 bits per heavy atom. The smallest absolute Gasteiger partial charge is 0.278 e. The molecule has 0 aliphatic carbocycles. The number of rotatable bonds is 9. The molecule has 158 valence electrons. The second-order valence-corrected chi connectivity index (χ2v) is 6.70. The molecule has 0 bridgehead atoms. The number of hydrogen-bond acceptors (Lipinski definition) is 6. The van der Waals surface area contributed by atoms with E-state index in [-0.39, 0.29) is 17.5 Å². The first-order valence-electron chi connectivity index (χ1n) is 9.86. The maximum absolute atomic E-state index is 13.1. The number of imide groups is 1. The first kappa shape index (κ1) is 21.2. The number of nitrogens with one attached hydrogen (secondary N) is 1. The Kier molecular flexibility index (Phi) is 6.61. The summed E-state index contributed by atoms with van der Waals surface area (Å²) in [5.74, 6) is 1.18. The Bertz CT molecular complexity index is 944. The molecule has 0 aromatic heterocycles. The molecular formula is C23H26N2O5. The van der Waals surface area contributed by atoms with Gasteiger partial charge in [-0.05, 0) is 31.0 Å². The van der Waals surface area contributed by atoms with E-state index in [9.17, 15) is 9.59 Å². The quantitative estimate of drug-likeness (QED) is 0.635. The van der Waals surface area contributed by atoms with E-state index in [1.54, 1.807) is 56.7 Å². The van der Waals surface area contributed by atoms with Crippen LogP contribution < -0.4 is 19.5 Å². The predicted molar refractivity (Wildman–Crippen MR) is 115 cm³/mol. The van der Waals surface area contributed by atoms with Gasteiger partial charge in [0.25, 0.3) is 11.8 Å². The number of benzene rings is 2. The summed E-state index contributed by atoms with van der Waals surface area (Å²) in [5, 5.41) is 3.12. The Morgan fingerprint density at radius 3 is 2.03 bits per heavy atom. The second-order valence-electron chi connectivity index (χ2n) is 6.70. The van der Waals surface area contributed by atoms with E-state index in [0.717, 1.165) is 0 Å². The van der Waals surface area contributed by atoms with Crippen LogP contribution in [0.2, 0.25) is 0 Å². The maximum atomic E-state index is 13.1. The SMILES string of the molecule is CCCN1C(=O)C(Nc2cc(OC)cc(OC)c2)=C(c2ccc(OCC)cc2)C1=O. The lowest BCUT2D eigenvalue weighted by atomic mass is 10.0. The van der Waals surface area contributed by atoms with Gasteiger partial charge < -0.3 is 19.5 Å². The van der Waals surface area contributed by atoms with E-state index >= 15 is 0 Å². The molecule has 0 radical (unpaired) electrons. The van der Waals surface area contributed by atoms with Crippen molar-refractivity contribution in [3.8, 4) is 17.2 Å². The van der Waals surface area contributed by atoms with Crippen molar-refractivity contribution in [1.82, 2.24) is 4.90 Å². The van der Waals surface area contributed by atoms with Crippen LogP contribution in [0.4, 0.5) is 5.69 Å². The number of nitrogens with zero attached hydrogens (tertiary/aromatic N) is 1. The Balaban J connectivity index is 2.05. The zero-order valence-electron chi connectivity index (χ0n) is 17.7. The molecule has 1 heterocycles. The summed E-state index contributed by atoms with van der Waals surface area (Å²) in [6.45, 7) is 4.73. The van der Waals surface area contributed by atoms with Crippen molar-refractivity contribution >= 4 is 23.1 Å². The second kappa shape index (κ2) is 9.35. The predicted octanol–water partition coefficient (Wildman–Crippen LogP) is 3.70. The normalized spacial score (nSPS) is 13.7. The van der Waals surface area contributed by atoms with Gasteiger partial charge >= 0.3 is 0 Å². The number of anilines is 1. The first-order valence-corrected chi connectivity index (χ1v) is 9.86. The van der Waals surface area contributed by atoms with Gasteiger partial charge in [-0.25, -0.2) is 0 Å². The van der Waals surface area contributed by atoms with Crippen molar-refractivity contribution in [2.75, 3.05) is 32.7 Å². The molecule has 0 fully saturated rings. The van der Waals surface area contributed by atoms with Crippen LogP contribution in [0.15, 0.2) is 48.2 Å². The largest absolute Gasteiger partial charge is 0.497 e. The van der Waals surface area contributed by atoms with Gasteiger partial charge in [0.15, 0.2) is 0 Å². The summed E-state index contributed by atoms with van der Waals surface area (Å²) in [6, 6.07) is 12.4. The third-order valence-corrected chi connectivity index (χ3v) is 4.69. The summed E-state index contributed by atoms with van der Waals surface area (Å²) >= 11 is 0. The van der Waals surface area contributed by atoms with Crippen LogP contribution in [0.1, 0.15) is 25.8 Å². The van der Waals surface area contributed by atoms with Crippen LogP contribution in [-0.2, 0) is 9.59 Å². The molecule has 0 saturated carbocycles. The van der Waals surface area contributed by atoms with Crippen molar-refractivity contribution < 1.29 is 23.8 Å². The van der Waals surface area contributed by atoms with Crippen molar-refractivity contribution in [2.24, 2.45) is 0 Å². The summed E-state index contributed by atoms with van der Waals surface area (Å²) in [7, 11) is 3.10. The molecule has 7 heteroatoms. The minimum absolute atomic E-state index is 0.230. The fourth-order valence-electron chi connectivity index (χ4n) is 3.29. The van der Waals surface area contributed by atoms with Gasteiger partial charge in [-0.15, -0.1) is 0 Å². The Morgan fingerprint density at radius 2 is 1.50 bits per heavy atom. The number of hydrogen-bond donors (Lipinski definition) is 1. The number of carbonyl (C=O) groups excluding carboxylic acids is 2. The zero-order valence-corrected chi connectivity index (χ0v) is 17.7. The van der Waals surface area contributed by atoms with Crippen molar-refractivity contribution in [1.29, 1.82) is 0 Å². The molecule has 0 saturated heterocycles. The van der Waals surface area contributed by atoms with Gasteiger partial charge in [-0.1, -0.05) is 19.1 Å². The molecule has 0 unspecified atom stereocenters.